The van der Waals surface area contributed by atoms with Crippen LogP contribution in [0.5, 0.6) is 11.5 Å². The first-order valence-corrected chi connectivity index (χ1v) is 10.4. The summed E-state index contributed by atoms with van der Waals surface area (Å²) in [5.41, 5.74) is -1.52. The summed E-state index contributed by atoms with van der Waals surface area (Å²) >= 11 is 0. The lowest BCUT2D eigenvalue weighted by Crippen LogP contribution is -2.28. The van der Waals surface area contributed by atoms with Crippen molar-refractivity contribution in [1.29, 1.82) is 0 Å². The third-order valence-corrected chi connectivity index (χ3v) is 4.57. The van der Waals surface area contributed by atoms with Gasteiger partial charge in [-0.05, 0) is 25.1 Å². The maximum atomic E-state index is 13.3. The summed E-state index contributed by atoms with van der Waals surface area (Å²) in [7, 11) is 0. The van der Waals surface area contributed by atoms with Crippen molar-refractivity contribution in [1.82, 2.24) is 25.3 Å². The van der Waals surface area contributed by atoms with Crippen molar-refractivity contribution in [3.63, 3.8) is 0 Å². The molecule has 1 atom stereocenters. The predicted octanol–water partition coefficient (Wildman–Crippen LogP) is 4.73. The van der Waals surface area contributed by atoms with Crippen molar-refractivity contribution in [3.8, 4) is 23.0 Å². The second kappa shape index (κ2) is 11.8. The van der Waals surface area contributed by atoms with Gasteiger partial charge in [-0.15, -0.1) is 0 Å². The number of carbonyl (C=O) groups is 1. The average Bonchev–Trinajstić information content (AvgIpc) is 2.85. The smallest absolute Gasteiger partial charge is 0.416 e. The topological polar surface area (TPSA) is 99.1 Å². The fourth-order valence-corrected chi connectivity index (χ4v) is 2.99. The molecular weight excluding hydrogens is 515 g/mol. The summed E-state index contributed by atoms with van der Waals surface area (Å²) in [5, 5.41) is 2.46. The lowest BCUT2D eigenvalue weighted by molar-refractivity contribution is -0.137. The first-order valence-electron chi connectivity index (χ1n) is 10.4. The van der Waals surface area contributed by atoms with E-state index in [1.165, 1.54) is 19.3 Å². The highest BCUT2D eigenvalue weighted by atomic mass is 19.4. The lowest BCUT2D eigenvalue weighted by Gasteiger charge is -2.17. The first kappa shape index (κ1) is 27.5. The van der Waals surface area contributed by atoms with E-state index in [9.17, 15) is 35.5 Å². The van der Waals surface area contributed by atoms with Gasteiger partial charge in [0, 0.05) is 18.0 Å². The third-order valence-electron chi connectivity index (χ3n) is 4.57. The van der Waals surface area contributed by atoms with Crippen LogP contribution in [-0.2, 0) is 6.18 Å². The van der Waals surface area contributed by atoms with E-state index in [1.54, 1.807) is 0 Å². The first-order chi connectivity index (χ1) is 17.4. The van der Waals surface area contributed by atoms with Crippen molar-refractivity contribution in [3.05, 3.63) is 59.8 Å². The van der Waals surface area contributed by atoms with Gasteiger partial charge in [-0.1, -0.05) is 0 Å². The highest BCUT2D eigenvalue weighted by Crippen LogP contribution is 2.33. The predicted molar refractivity (Wildman–Crippen MR) is 113 cm³/mol. The van der Waals surface area contributed by atoms with Crippen LogP contribution in [0, 0.1) is 0 Å². The van der Waals surface area contributed by atoms with Crippen LogP contribution in [0.15, 0.2) is 43.0 Å². The number of aromatic nitrogens is 4. The number of benzene rings is 1. The Morgan fingerprint density at radius 3 is 2.08 bits per heavy atom. The van der Waals surface area contributed by atoms with Crippen LogP contribution in [0.4, 0.5) is 30.7 Å². The Bertz CT molecular complexity index is 1210. The number of rotatable bonds is 10. The molecule has 15 heteroatoms. The molecule has 0 radical (unpaired) electrons. The summed E-state index contributed by atoms with van der Waals surface area (Å²) in [6.07, 6.45) is -5.63. The van der Waals surface area contributed by atoms with E-state index in [-0.39, 0.29) is 23.0 Å². The molecule has 0 spiro atoms. The molecule has 0 fully saturated rings. The Morgan fingerprint density at radius 1 is 0.892 bits per heavy atom. The molecule has 0 aliphatic carbocycles. The van der Waals surface area contributed by atoms with Gasteiger partial charge in [-0.25, -0.2) is 32.5 Å². The number of amides is 1. The number of alkyl halides is 7. The van der Waals surface area contributed by atoms with Crippen molar-refractivity contribution < 1.29 is 45.0 Å². The Morgan fingerprint density at radius 2 is 1.49 bits per heavy atom. The number of hydrogen-bond acceptors (Lipinski definition) is 7. The maximum absolute atomic E-state index is 13.3. The standard InChI is InChI=1S/C22H18F7N5O3/c1-11(18-19(31-3-2-30-18)20-32-7-15(8-33-20)37-10-17(25)26)34-21(35)12-4-13(22(27,28)29)6-14(5-12)36-9-16(23)24/h2-8,11,16-17H,9-10H2,1H3,(H,34,35). The largest absolute Gasteiger partial charge is 0.488 e. The van der Waals surface area contributed by atoms with E-state index in [4.69, 9.17) is 4.74 Å². The van der Waals surface area contributed by atoms with Crippen molar-refractivity contribution in [2.75, 3.05) is 13.2 Å². The molecule has 0 saturated heterocycles. The molecule has 0 saturated carbocycles. The molecule has 1 amide bonds. The Hall–Kier alpha value is -4.04. The number of carbonyl (C=O) groups excluding carboxylic acids is 1. The van der Waals surface area contributed by atoms with Crippen LogP contribution < -0.4 is 14.8 Å². The fourth-order valence-electron chi connectivity index (χ4n) is 2.99. The second-order valence-corrected chi connectivity index (χ2v) is 7.38. The molecule has 1 aromatic carbocycles. The van der Waals surface area contributed by atoms with Crippen molar-refractivity contribution in [2.45, 2.75) is 32.0 Å². The Balaban J connectivity index is 1.83. The molecule has 3 aromatic rings. The summed E-state index contributed by atoms with van der Waals surface area (Å²) in [6, 6.07) is 1.03. The van der Waals surface area contributed by atoms with E-state index >= 15 is 0 Å². The minimum Gasteiger partial charge on any atom is -0.488 e. The van der Waals surface area contributed by atoms with Gasteiger partial charge in [0.2, 0.25) is 0 Å². The van der Waals surface area contributed by atoms with Gasteiger partial charge in [0.25, 0.3) is 18.8 Å². The molecule has 1 N–H and O–H groups in total. The minimum absolute atomic E-state index is 0.00958. The zero-order valence-corrected chi connectivity index (χ0v) is 18.8. The number of nitrogens with zero attached hydrogens (tertiary/aromatic N) is 4. The monoisotopic (exact) mass is 533 g/mol. The molecule has 2 aromatic heterocycles. The molecule has 0 bridgehead atoms. The summed E-state index contributed by atoms with van der Waals surface area (Å²) in [5.74, 6) is -1.55. The van der Waals surface area contributed by atoms with Gasteiger partial charge >= 0.3 is 6.18 Å². The van der Waals surface area contributed by atoms with Gasteiger partial charge in [0.05, 0.1) is 29.7 Å². The zero-order valence-electron chi connectivity index (χ0n) is 18.8. The molecule has 0 aliphatic heterocycles. The van der Waals surface area contributed by atoms with E-state index in [0.29, 0.717) is 12.1 Å². The van der Waals surface area contributed by atoms with Crippen LogP contribution in [0.3, 0.4) is 0 Å². The van der Waals surface area contributed by atoms with E-state index in [1.807, 2.05) is 0 Å². The molecule has 2 heterocycles. The van der Waals surface area contributed by atoms with Gasteiger partial charge in [0.1, 0.15) is 24.7 Å². The van der Waals surface area contributed by atoms with E-state index in [0.717, 1.165) is 18.5 Å². The van der Waals surface area contributed by atoms with Crippen LogP contribution in [0.2, 0.25) is 0 Å². The lowest BCUT2D eigenvalue weighted by atomic mass is 10.1. The van der Waals surface area contributed by atoms with Crippen molar-refractivity contribution >= 4 is 5.91 Å². The quantitative estimate of drug-likeness (QED) is 0.376. The van der Waals surface area contributed by atoms with Gasteiger partial charge < -0.3 is 14.8 Å². The molecule has 3 rings (SSSR count). The molecule has 0 aliphatic rings. The molecular formula is C22H18F7N5O3. The summed E-state index contributed by atoms with van der Waals surface area (Å²) in [4.78, 5) is 29.0. The van der Waals surface area contributed by atoms with E-state index in [2.05, 4.69) is 30.0 Å². The van der Waals surface area contributed by atoms with Crippen LogP contribution >= 0.6 is 0 Å². The number of ether oxygens (including phenoxy) is 2. The minimum atomic E-state index is -4.87. The molecule has 1 unspecified atom stereocenters. The van der Waals surface area contributed by atoms with Crippen LogP contribution in [0.25, 0.3) is 11.5 Å². The van der Waals surface area contributed by atoms with Crippen molar-refractivity contribution in [2.24, 2.45) is 0 Å². The van der Waals surface area contributed by atoms with Gasteiger partial charge in [-0.2, -0.15) is 13.2 Å². The fraction of sp³-hybridized carbons (Fsp3) is 0.318. The second-order valence-electron chi connectivity index (χ2n) is 7.38. The number of halogens is 7. The molecule has 37 heavy (non-hydrogen) atoms. The zero-order chi connectivity index (χ0) is 27.2. The van der Waals surface area contributed by atoms with Gasteiger partial charge in [0.15, 0.2) is 11.6 Å². The third kappa shape index (κ3) is 7.72. The highest BCUT2D eigenvalue weighted by molar-refractivity contribution is 5.95. The molecule has 198 valence electrons. The highest BCUT2D eigenvalue weighted by Gasteiger charge is 2.32. The van der Waals surface area contributed by atoms with E-state index < -0.39 is 61.1 Å². The SMILES string of the molecule is CC(NC(=O)c1cc(OCC(F)F)cc(C(F)(F)F)c1)c1nccnc1-c1ncc(OCC(F)F)cn1. The van der Waals surface area contributed by atoms with Crippen LogP contribution in [-0.4, -0.2) is 51.9 Å². The summed E-state index contributed by atoms with van der Waals surface area (Å²) < 4.78 is 98.8. The Kier molecular flexibility index (Phi) is 8.78. The average molecular weight is 533 g/mol. The number of nitrogens with one attached hydrogen (secondary N) is 1. The Labute approximate surface area is 204 Å². The van der Waals surface area contributed by atoms with Crippen LogP contribution in [0.1, 0.15) is 34.6 Å². The number of hydrogen-bond donors (Lipinski definition) is 1. The summed E-state index contributed by atoms with van der Waals surface area (Å²) in [6.45, 7) is -0.548. The normalized spacial score (nSPS) is 12.5. The maximum Gasteiger partial charge on any atom is 0.416 e. The molecule has 8 nitrogen and oxygen atoms in total. The van der Waals surface area contributed by atoms with Gasteiger partial charge in [-0.3, -0.25) is 9.78 Å².